The largest absolute Gasteiger partial charge is 0.329 e. The molecule has 0 aromatic carbocycles. The van der Waals surface area contributed by atoms with Gasteiger partial charge in [-0.15, -0.1) is 11.3 Å². The number of likely N-dealkylation sites (tertiary alicyclic amines) is 1. The summed E-state index contributed by atoms with van der Waals surface area (Å²) in [6.07, 6.45) is 1.26. The van der Waals surface area contributed by atoms with Crippen LogP contribution < -0.4 is 5.73 Å². The van der Waals surface area contributed by atoms with Crippen molar-refractivity contribution in [3.05, 3.63) is 19.8 Å². The highest BCUT2D eigenvalue weighted by molar-refractivity contribution is 9.10. The van der Waals surface area contributed by atoms with Gasteiger partial charge < -0.3 is 5.73 Å². The Bertz CT molecular complexity index is 390. The maximum atomic E-state index is 6.13. The smallest absolute Gasteiger partial charge is 0.107 e. The highest BCUT2D eigenvalue weighted by Gasteiger charge is 2.29. The SMILES string of the molecule is CC1CCN(C(CN)c2cc(Br)c(Cl)s2)CC1C. The lowest BCUT2D eigenvalue weighted by Crippen LogP contribution is -2.42. The highest BCUT2D eigenvalue weighted by atomic mass is 79.9. The van der Waals surface area contributed by atoms with Gasteiger partial charge in [0.25, 0.3) is 0 Å². The minimum absolute atomic E-state index is 0.314. The number of halogens is 2. The lowest BCUT2D eigenvalue weighted by Gasteiger charge is -2.39. The Hall–Kier alpha value is 0.390. The van der Waals surface area contributed by atoms with Gasteiger partial charge in [0.1, 0.15) is 4.34 Å². The average Bonchev–Trinajstić information content (AvgIpc) is 2.65. The number of rotatable bonds is 3. The second-order valence-electron chi connectivity index (χ2n) is 5.26. The molecule has 2 N–H and O–H groups in total. The third-order valence-corrected chi connectivity index (χ3v) is 6.60. The van der Waals surface area contributed by atoms with Crippen LogP contribution in [0.25, 0.3) is 0 Å². The molecule has 18 heavy (non-hydrogen) atoms. The molecule has 2 heterocycles. The second-order valence-corrected chi connectivity index (χ2v) is 7.80. The van der Waals surface area contributed by atoms with Crippen LogP contribution in [0.1, 0.15) is 31.2 Å². The molecule has 3 unspecified atom stereocenters. The molecule has 1 aromatic heterocycles. The Labute approximate surface area is 127 Å². The first-order valence-corrected chi connectivity index (χ1v) is 8.40. The Morgan fingerprint density at radius 3 is 2.78 bits per heavy atom. The maximum absolute atomic E-state index is 6.13. The molecule has 2 nitrogen and oxygen atoms in total. The molecule has 5 heteroatoms. The Morgan fingerprint density at radius 2 is 2.28 bits per heavy atom. The molecule has 1 fully saturated rings. The second kappa shape index (κ2) is 6.23. The summed E-state index contributed by atoms with van der Waals surface area (Å²) in [6, 6.07) is 2.43. The molecule has 2 rings (SSSR count). The van der Waals surface area contributed by atoms with Crippen molar-refractivity contribution in [3.63, 3.8) is 0 Å². The number of hydrogen-bond acceptors (Lipinski definition) is 3. The van der Waals surface area contributed by atoms with E-state index < -0.39 is 0 Å². The first kappa shape index (κ1) is 14.8. The van der Waals surface area contributed by atoms with Crippen LogP contribution in [-0.2, 0) is 0 Å². The number of nitrogens with zero attached hydrogens (tertiary/aromatic N) is 1. The highest BCUT2D eigenvalue weighted by Crippen LogP contribution is 2.38. The summed E-state index contributed by atoms with van der Waals surface area (Å²) in [7, 11) is 0. The molecule has 0 spiro atoms. The van der Waals surface area contributed by atoms with E-state index in [1.807, 2.05) is 0 Å². The van der Waals surface area contributed by atoms with Gasteiger partial charge in [-0.2, -0.15) is 0 Å². The third kappa shape index (κ3) is 3.10. The summed E-state index contributed by atoms with van der Waals surface area (Å²) in [5, 5.41) is 0. The van der Waals surface area contributed by atoms with Crippen molar-refractivity contribution in [3.8, 4) is 0 Å². The molecule has 0 aliphatic carbocycles. The molecule has 1 aliphatic heterocycles. The van der Waals surface area contributed by atoms with Gasteiger partial charge in [-0.3, -0.25) is 4.90 Å². The van der Waals surface area contributed by atoms with Gasteiger partial charge in [-0.25, -0.2) is 0 Å². The van der Waals surface area contributed by atoms with E-state index in [9.17, 15) is 0 Å². The van der Waals surface area contributed by atoms with E-state index in [2.05, 4.69) is 40.7 Å². The molecule has 0 radical (unpaired) electrons. The summed E-state index contributed by atoms with van der Waals surface area (Å²) in [5.74, 6) is 1.56. The van der Waals surface area contributed by atoms with Gasteiger partial charge in [-0.05, 0) is 46.8 Å². The first-order valence-electron chi connectivity index (χ1n) is 6.41. The van der Waals surface area contributed by atoms with Crippen molar-refractivity contribution in [2.75, 3.05) is 19.6 Å². The average molecular weight is 352 g/mol. The minimum Gasteiger partial charge on any atom is -0.329 e. The number of piperidine rings is 1. The van der Waals surface area contributed by atoms with Crippen molar-refractivity contribution in [1.82, 2.24) is 4.90 Å². The lowest BCUT2D eigenvalue weighted by molar-refractivity contribution is 0.0997. The Kier molecular flexibility index (Phi) is 5.12. The van der Waals surface area contributed by atoms with Gasteiger partial charge in [0.15, 0.2) is 0 Å². The van der Waals surface area contributed by atoms with Crippen LogP contribution in [0.5, 0.6) is 0 Å². The fourth-order valence-corrected chi connectivity index (χ4v) is 4.44. The van der Waals surface area contributed by atoms with Crippen LogP contribution >= 0.6 is 38.9 Å². The van der Waals surface area contributed by atoms with Crippen LogP contribution in [0.4, 0.5) is 0 Å². The van der Waals surface area contributed by atoms with Crippen LogP contribution in [0, 0.1) is 11.8 Å². The van der Waals surface area contributed by atoms with Gasteiger partial charge >= 0.3 is 0 Å². The Balaban J connectivity index is 2.13. The fourth-order valence-electron chi connectivity index (χ4n) is 2.55. The Morgan fingerprint density at radius 1 is 1.56 bits per heavy atom. The van der Waals surface area contributed by atoms with Gasteiger partial charge in [-0.1, -0.05) is 25.4 Å². The van der Waals surface area contributed by atoms with Gasteiger partial charge in [0.05, 0.1) is 6.04 Å². The predicted molar refractivity (Wildman–Crippen MR) is 83.3 cm³/mol. The summed E-state index contributed by atoms with van der Waals surface area (Å²) in [5.41, 5.74) is 5.98. The van der Waals surface area contributed by atoms with Crippen molar-refractivity contribution in [1.29, 1.82) is 0 Å². The van der Waals surface area contributed by atoms with Crippen molar-refractivity contribution in [2.45, 2.75) is 26.3 Å². The van der Waals surface area contributed by atoms with E-state index >= 15 is 0 Å². The topological polar surface area (TPSA) is 29.3 Å². The van der Waals surface area contributed by atoms with E-state index in [4.69, 9.17) is 17.3 Å². The molecule has 1 aliphatic rings. The molecule has 0 saturated carbocycles. The monoisotopic (exact) mass is 350 g/mol. The zero-order chi connectivity index (χ0) is 13.3. The zero-order valence-electron chi connectivity index (χ0n) is 10.8. The normalized spacial score (nSPS) is 27.4. The van der Waals surface area contributed by atoms with E-state index in [1.165, 1.54) is 11.3 Å². The first-order chi connectivity index (χ1) is 8.52. The van der Waals surface area contributed by atoms with Crippen molar-refractivity contribution in [2.24, 2.45) is 17.6 Å². The molecule has 0 amide bonds. The van der Waals surface area contributed by atoms with Crippen LogP contribution in [0.2, 0.25) is 4.34 Å². The molecule has 0 bridgehead atoms. The molecular weight excluding hydrogens is 332 g/mol. The lowest BCUT2D eigenvalue weighted by atomic mass is 9.88. The van der Waals surface area contributed by atoms with E-state index in [0.717, 1.165) is 33.7 Å². The fraction of sp³-hybridized carbons (Fsp3) is 0.692. The van der Waals surface area contributed by atoms with E-state index in [-0.39, 0.29) is 0 Å². The summed E-state index contributed by atoms with van der Waals surface area (Å²) in [6.45, 7) is 7.61. The number of hydrogen-bond donors (Lipinski definition) is 1. The van der Waals surface area contributed by atoms with Crippen LogP contribution in [-0.4, -0.2) is 24.5 Å². The van der Waals surface area contributed by atoms with Gasteiger partial charge in [0, 0.05) is 22.4 Å². The minimum atomic E-state index is 0.314. The van der Waals surface area contributed by atoms with Crippen LogP contribution in [0.15, 0.2) is 10.5 Å². The standard InChI is InChI=1S/C13H20BrClN2S/c1-8-3-4-17(7-9(8)2)11(6-16)12-5-10(14)13(15)18-12/h5,8-9,11H,3-4,6-7,16H2,1-2H3. The van der Waals surface area contributed by atoms with Crippen molar-refractivity contribution >= 4 is 38.9 Å². The quantitative estimate of drug-likeness (QED) is 0.886. The van der Waals surface area contributed by atoms with E-state index in [0.29, 0.717) is 12.6 Å². The summed E-state index contributed by atoms with van der Waals surface area (Å²) in [4.78, 5) is 3.79. The van der Waals surface area contributed by atoms with Gasteiger partial charge in [0.2, 0.25) is 0 Å². The molecular formula is C13H20BrClN2S. The molecule has 1 aromatic rings. The number of nitrogens with two attached hydrogens (primary N) is 1. The molecule has 102 valence electrons. The molecule has 3 atom stereocenters. The molecule has 1 saturated heterocycles. The van der Waals surface area contributed by atoms with Crippen molar-refractivity contribution < 1.29 is 0 Å². The summed E-state index contributed by atoms with van der Waals surface area (Å²) >= 11 is 11.3. The summed E-state index contributed by atoms with van der Waals surface area (Å²) < 4.78 is 1.81. The number of thiophene rings is 1. The van der Waals surface area contributed by atoms with E-state index in [1.54, 1.807) is 11.3 Å². The predicted octanol–water partition coefficient (Wildman–Crippen LogP) is 4.14. The maximum Gasteiger partial charge on any atom is 0.107 e. The van der Waals surface area contributed by atoms with Crippen LogP contribution in [0.3, 0.4) is 0 Å². The third-order valence-electron chi connectivity index (χ3n) is 4.02. The zero-order valence-corrected chi connectivity index (χ0v) is 14.0.